The minimum atomic E-state index is -0.794. The molecule has 6 nitrogen and oxygen atoms in total. The molecule has 2 amide bonds. The molecule has 1 aliphatic heterocycles. The highest BCUT2D eigenvalue weighted by atomic mass is 16.2. The molecule has 0 atom stereocenters. The Bertz CT molecular complexity index is 1530. The average molecular weight is 514 g/mol. The number of anilines is 1. The molecule has 7 rings (SSSR count). The van der Waals surface area contributed by atoms with Crippen molar-refractivity contribution in [2.75, 3.05) is 18.0 Å². The van der Waals surface area contributed by atoms with Crippen LogP contribution in [0.5, 0.6) is 0 Å². The molecule has 39 heavy (non-hydrogen) atoms. The van der Waals surface area contributed by atoms with Crippen LogP contribution in [0.1, 0.15) is 46.7 Å². The molecule has 0 unspecified atom stereocenters. The summed E-state index contributed by atoms with van der Waals surface area (Å²) in [6.45, 7) is 1.50. The number of hydrogen-bond acceptors (Lipinski definition) is 3. The van der Waals surface area contributed by atoms with Gasteiger partial charge in [-0.1, -0.05) is 91.0 Å². The average Bonchev–Trinajstić information content (AvgIpc) is 3.66. The lowest BCUT2D eigenvalue weighted by molar-refractivity contribution is 0.184. The van der Waals surface area contributed by atoms with Crippen LogP contribution in [0.2, 0.25) is 0 Å². The number of benzene rings is 3. The zero-order chi connectivity index (χ0) is 26.4. The molecule has 194 valence electrons. The lowest BCUT2D eigenvalue weighted by Gasteiger charge is -2.43. The molecule has 2 fully saturated rings. The fourth-order valence-electron chi connectivity index (χ4n) is 6.17. The second-order valence-electron chi connectivity index (χ2n) is 10.5. The number of imidazole rings is 1. The highest BCUT2D eigenvalue weighted by molar-refractivity contribution is 5.99. The standard InChI is InChI=1S/C33H31N5O/c34-21-29-23-36-22-25(24-16-17-24)20-30(31(36)35-29)37-18-19-38(32(37)39)33(26-10-4-1-5-11-26,27-12-6-2-7-13-27)28-14-8-3-9-15-28/h1-15,20,22-24H,16-19,21,34H2. The maximum absolute atomic E-state index is 14.7. The Kier molecular flexibility index (Phi) is 5.71. The van der Waals surface area contributed by atoms with Crippen LogP contribution < -0.4 is 10.6 Å². The van der Waals surface area contributed by atoms with Crippen LogP contribution in [0.15, 0.2) is 109 Å². The quantitative estimate of drug-likeness (QED) is 0.275. The first-order chi connectivity index (χ1) is 19.2. The van der Waals surface area contributed by atoms with E-state index in [9.17, 15) is 4.79 Å². The van der Waals surface area contributed by atoms with E-state index >= 15 is 0 Å². The highest BCUT2D eigenvalue weighted by Gasteiger charge is 2.49. The van der Waals surface area contributed by atoms with Gasteiger partial charge in [0.2, 0.25) is 0 Å². The Balaban J connectivity index is 1.42. The first-order valence-corrected chi connectivity index (χ1v) is 13.7. The molecule has 2 aliphatic rings. The molecule has 1 saturated carbocycles. The SMILES string of the molecule is NCc1cn2cc(C3CC3)cc(N3CCN(C(c4ccccc4)(c4ccccc4)c4ccccc4)C3=O)c2n1. The van der Waals surface area contributed by atoms with Crippen molar-refractivity contribution in [1.29, 1.82) is 0 Å². The summed E-state index contributed by atoms with van der Waals surface area (Å²) in [6.07, 6.45) is 6.51. The Labute approximate surface area is 228 Å². The van der Waals surface area contributed by atoms with Gasteiger partial charge in [0.1, 0.15) is 5.54 Å². The Morgan fingerprint density at radius 2 is 1.36 bits per heavy atom. The van der Waals surface area contributed by atoms with Crippen LogP contribution in [0.3, 0.4) is 0 Å². The van der Waals surface area contributed by atoms with Gasteiger partial charge in [-0.25, -0.2) is 9.78 Å². The van der Waals surface area contributed by atoms with Crippen molar-refractivity contribution in [3.8, 4) is 0 Å². The maximum Gasteiger partial charge on any atom is 0.326 e. The Morgan fingerprint density at radius 3 is 1.87 bits per heavy atom. The molecule has 6 heteroatoms. The summed E-state index contributed by atoms with van der Waals surface area (Å²) in [5, 5.41) is 0. The molecule has 0 radical (unpaired) electrons. The zero-order valence-electron chi connectivity index (χ0n) is 21.8. The molecule has 5 aromatic rings. The fraction of sp³-hybridized carbons (Fsp3) is 0.212. The minimum Gasteiger partial charge on any atom is -0.325 e. The second-order valence-corrected chi connectivity index (χ2v) is 10.5. The van der Waals surface area contributed by atoms with Gasteiger partial charge in [-0.05, 0) is 47.1 Å². The number of urea groups is 1. The van der Waals surface area contributed by atoms with E-state index in [4.69, 9.17) is 10.7 Å². The van der Waals surface area contributed by atoms with E-state index < -0.39 is 5.54 Å². The van der Waals surface area contributed by atoms with E-state index in [0.29, 0.717) is 25.6 Å². The molecular weight excluding hydrogens is 482 g/mol. The number of nitrogens with zero attached hydrogens (tertiary/aromatic N) is 4. The van der Waals surface area contributed by atoms with Crippen molar-refractivity contribution in [2.45, 2.75) is 30.8 Å². The summed E-state index contributed by atoms with van der Waals surface area (Å²) in [7, 11) is 0. The number of amides is 2. The number of rotatable bonds is 7. The number of aromatic nitrogens is 2. The smallest absolute Gasteiger partial charge is 0.325 e. The van der Waals surface area contributed by atoms with Crippen molar-refractivity contribution in [3.05, 3.63) is 137 Å². The monoisotopic (exact) mass is 513 g/mol. The van der Waals surface area contributed by atoms with Crippen molar-refractivity contribution in [1.82, 2.24) is 14.3 Å². The molecule has 3 heterocycles. The lowest BCUT2D eigenvalue weighted by Crippen LogP contribution is -2.50. The summed E-state index contributed by atoms with van der Waals surface area (Å²) in [4.78, 5) is 23.5. The molecule has 0 bridgehead atoms. The summed E-state index contributed by atoms with van der Waals surface area (Å²) in [5.41, 5.74) is 12.0. The van der Waals surface area contributed by atoms with E-state index in [-0.39, 0.29) is 6.03 Å². The largest absolute Gasteiger partial charge is 0.326 e. The summed E-state index contributed by atoms with van der Waals surface area (Å²) >= 11 is 0. The number of fused-ring (bicyclic) bond motifs is 1. The summed E-state index contributed by atoms with van der Waals surface area (Å²) in [6, 6.07) is 33.3. The van der Waals surface area contributed by atoms with Gasteiger partial charge in [0.15, 0.2) is 5.65 Å². The Hall–Kier alpha value is -4.42. The van der Waals surface area contributed by atoms with Crippen LogP contribution in [0, 0.1) is 0 Å². The van der Waals surface area contributed by atoms with Crippen molar-refractivity contribution in [3.63, 3.8) is 0 Å². The fourth-order valence-corrected chi connectivity index (χ4v) is 6.17. The minimum absolute atomic E-state index is 0.0290. The number of hydrogen-bond donors (Lipinski definition) is 1. The number of carbonyl (C=O) groups excluding carboxylic acids is 1. The van der Waals surface area contributed by atoms with E-state index in [0.717, 1.165) is 33.7 Å². The van der Waals surface area contributed by atoms with E-state index in [1.165, 1.54) is 18.4 Å². The number of carbonyl (C=O) groups is 1. The topological polar surface area (TPSA) is 66.9 Å². The maximum atomic E-state index is 14.7. The molecule has 3 aromatic carbocycles. The zero-order valence-corrected chi connectivity index (χ0v) is 21.8. The van der Waals surface area contributed by atoms with Crippen LogP contribution in [-0.4, -0.2) is 33.4 Å². The lowest BCUT2D eigenvalue weighted by atomic mass is 9.75. The van der Waals surface area contributed by atoms with Crippen LogP contribution >= 0.6 is 0 Å². The molecule has 1 aliphatic carbocycles. The first kappa shape index (κ1) is 23.7. The van der Waals surface area contributed by atoms with Gasteiger partial charge in [0.25, 0.3) is 0 Å². The van der Waals surface area contributed by atoms with Gasteiger partial charge in [-0.2, -0.15) is 0 Å². The van der Waals surface area contributed by atoms with E-state index in [2.05, 4.69) is 89.5 Å². The van der Waals surface area contributed by atoms with Gasteiger partial charge in [-0.3, -0.25) is 4.90 Å². The third kappa shape index (κ3) is 3.82. The number of pyridine rings is 1. The normalized spacial score (nSPS) is 15.9. The third-order valence-corrected chi connectivity index (χ3v) is 8.14. The van der Waals surface area contributed by atoms with Gasteiger partial charge < -0.3 is 15.0 Å². The third-order valence-electron chi connectivity index (χ3n) is 8.14. The molecule has 1 saturated heterocycles. The van der Waals surface area contributed by atoms with Crippen LogP contribution in [-0.2, 0) is 12.1 Å². The Morgan fingerprint density at radius 1 is 0.795 bits per heavy atom. The van der Waals surface area contributed by atoms with Gasteiger partial charge in [0.05, 0.1) is 11.4 Å². The van der Waals surface area contributed by atoms with Gasteiger partial charge in [0, 0.05) is 32.0 Å². The van der Waals surface area contributed by atoms with Crippen LogP contribution in [0.4, 0.5) is 10.5 Å². The second kappa shape index (κ2) is 9.40. The predicted molar refractivity (Wildman–Crippen MR) is 154 cm³/mol. The van der Waals surface area contributed by atoms with Crippen molar-refractivity contribution >= 4 is 17.4 Å². The first-order valence-electron chi connectivity index (χ1n) is 13.7. The van der Waals surface area contributed by atoms with E-state index in [1.54, 1.807) is 0 Å². The summed E-state index contributed by atoms with van der Waals surface area (Å²) < 4.78 is 2.06. The molecular formula is C33H31N5O. The predicted octanol–water partition coefficient (Wildman–Crippen LogP) is 5.90. The summed E-state index contributed by atoms with van der Waals surface area (Å²) in [5.74, 6) is 0.544. The molecule has 2 N–H and O–H groups in total. The van der Waals surface area contributed by atoms with Gasteiger partial charge in [-0.15, -0.1) is 0 Å². The molecule has 0 spiro atoms. The van der Waals surface area contributed by atoms with Crippen molar-refractivity contribution in [2.24, 2.45) is 5.73 Å². The van der Waals surface area contributed by atoms with Gasteiger partial charge >= 0.3 is 6.03 Å². The van der Waals surface area contributed by atoms with E-state index in [1.807, 2.05) is 34.2 Å². The highest BCUT2D eigenvalue weighted by Crippen LogP contribution is 2.46. The number of nitrogens with two attached hydrogens (primary N) is 1. The van der Waals surface area contributed by atoms with Crippen molar-refractivity contribution < 1.29 is 4.79 Å². The van der Waals surface area contributed by atoms with Crippen LogP contribution in [0.25, 0.3) is 5.65 Å². The molecule has 2 aromatic heterocycles.